The molecule has 0 saturated carbocycles. The largest absolute Gasteiger partial charge is 0.356 e. The van der Waals surface area contributed by atoms with E-state index in [9.17, 15) is 22.0 Å². The molecule has 1 aliphatic heterocycles. The van der Waals surface area contributed by atoms with Gasteiger partial charge in [-0.2, -0.15) is 4.31 Å². The first-order valence-electron chi connectivity index (χ1n) is 9.65. The number of nitrogens with zero attached hydrogens (tertiary/aromatic N) is 1. The summed E-state index contributed by atoms with van der Waals surface area (Å²) in [5.41, 5.74) is 1.22. The summed E-state index contributed by atoms with van der Waals surface area (Å²) in [4.78, 5) is 12.1. The maximum atomic E-state index is 13.4. The molecular weight excluding hydrogens is 398 g/mol. The normalized spacial score (nSPS) is 15.9. The van der Waals surface area contributed by atoms with Crippen LogP contribution in [-0.2, 0) is 21.2 Å². The Hall–Kier alpha value is -2.32. The Morgan fingerprint density at radius 3 is 2.38 bits per heavy atom. The number of amides is 1. The van der Waals surface area contributed by atoms with Crippen LogP contribution in [0, 0.1) is 17.6 Å². The lowest BCUT2D eigenvalue weighted by molar-refractivity contribution is -0.126. The quantitative estimate of drug-likeness (QED) is 0.698. The van der Waals surface area contributed by atoms with E-state index in [-0.39, 0.29) is 29.8 Å². The Morgan fingerprint density at radius 1 is 1.03 bits per heavy atom. The summed E-state index contributed by atoms with van der Waals surface area (Å²) in [5, 5.41) is 2.92. The van der Waals surface area contributed by atoms with Crippen molar-refractivity contribution in [3.8, 4) is 0 Å². The molecule has 0 atom stereocenters. The molecule has 2 aromatic rings. The summed E-state index contributed by atoms with van der Waals surface area (Å²) in [5.74, 6) is -2.60. The lowest BCUT2D eigenvalue weighted by Crippen LogP contribution is -2.43. The Balaban J connectivity index is 1.46. The van der Waals surface area contributed by atoms with Gasteiger partial charge >= 0.3 is 0 Å². The highest BCUT2D eigenvalue weighted by molar-refractivity contribution is 7.89. The lowest BCUT2D eigenvalue weighted by Gasteiger charge is -2.30. The zero-order valence-electron chi connectivity index (χ0n) is 16.0. The van der Waals surface area contributed by atoms with Gasteiger partial charge in [-0.05, 0) is 49.4 Å². The summed E-state index contributed by atoms with van der Waals surface area (Å²) in [6.45, 7) is 0.911. The van der Waals surface area contributed by atoms with Crippen molar-refractivity contribution >= 4 is 15.9 Å². The molecule has 8 heteroatoms. The Labute approximate surface area is 169 Å². The number of carbonyl (C=O) groups is 1. The van der Waals surface area contributed by atoms with Crippen molar-refractivity contribution in [2.75, 3.05) is 19.6 Å². The van der Waals surface area contributed by atoms with E-state index in [2.05, 4.69) is 5.32 Å². The number of hydrogen-bond donors (Lipinski definition) is 1. The molecule has 1 N–H and O–H groups in total. The highest BCUT2D eigenvalue weighted by atomic mass is 32.2. The van der Waals surface area contributed by atoms with Crippen molar-refractivity contribution in [3.63, 3.8) is 0 Å². The van der Waals surface area contributed by atoms with Gasteiger partial charge in [0.2, 0.25) is 15.9 Å². The summed E-state index contributed by atoms with van der Waals surface area (Å²) >= 11 is 0. The number of halogens is 2. The van der Waals surface area contributed by atoms with Crippen molar-refractivity contribution < 1.29 is 22.0 Å². The van der Waals surface area contributed by atoms with E-state index in [4.69, 9.17) is 0 Å². The van der Waals surface area contributed by atoms with Crippen LogP contribution in [-0.4, -0.2) is 38.3 Å². The lowest BCUT2D eigenvalue weighted by atomic mass is 9.97. The van der Waals surface area contributed by atoms with Crippen LogP contribution in [0.15, 0.2) is 53.4 Å². The van der Waals surface area contributed by atoms with E-state index in [0.29, 0.717) is 25.5 Å². The second-order valence-corrected chi connectivity index (χ2v) is 9.07. The molecule has 0 unspecified atom stereocenters. The van der Waals surface area contributed by atoms with Crippen molar-refractivity contribution in [3.05, 3.63) is 65.7 Å². The van der Waals surface area contributed by atoms with Crippen LogP contribution in [0.2, 0.25) is 0 Å². The number of rotatable bonds is 7. The van der Waals surface area contributed by atoms with Gasteiger partial charge in [-0.15, -0.1) is 0 Å². The molecule has 1 aliphatic rings. The van der Waals surface area contributed by atoms with Crippen LogP contribution in [0.25, 0.3) is 0 Å². The molecule has 1 saturated heterocycles. The number of nitrogens with one attached hydrogen (secondary N) is 1. The van der Waals surface area contributed by atoms with Gasteiger partial charge in [-0.1, -0.05) is 30.3 Å². The van der Waals surface area contributed by atoms with Gasteiger partial charge in [0.1, 0.15) is 0 Å². The summed E-state index contributed by atoms with van der Waals surface area (Å²) in [7, 11) is -3.91. The van der Waals surface area contributed by atoms with Crippen molar-refractivity contribution in [2.45, 2.75) is 30.6 Å². The predicted octanol–water partition coefficient (Wildman–Crippen LogP) is 3.11. The molecule has 1 fully saturated rings. The zero-order valence-corrected chi connectivity index (χ0v) is 16.8. The number of carbonyl (C=O) groups excluding carboxylic acids is 1. The number of benzene rings is 2. The molecule has 5 nitrogen and oxygen atoms in total. The summed E-state index contributed by atoms with van der Waals surface area (Å²) < 4.78 is 52.9. The molecule has 156 valence electrons. The van der Waals surface area contributed by atoms with E-state index >= 15 is 0 Å². The van der Waals surface area contributed by atoms with E-state index in [1.165, 1.54) is 9.87 Å². The molecule has 0 aromatic heterocycles. The van der Waals surface area contributed by atoms with Crippen molar-refractivity contribution in [2.24, 2.45) is 5.92 Å². The van der Waals surface area contributed by atoms with Gasteiger partial charge in [0.25, 0.3) is 0 Å². The molecule has 1 heterocycles. The maximum absolute atomic E-state index is 13.4. The highest BCUT2D eigenvalue weighted by Gasteiger charge is 2.32. The Bertz CT molecular complexity index is 944. The third kappa shape index (κ3) is 5.39. The van der Waals surface area contributed by atoms with Crippen molar-refractivity contribution in [1.82, 2.24) is 9.62 Å². The van der Waals surface area contributed by atoms with Crippen LogP contribution in [0.1, 0.15) is 24.8 Å². The van der Waals surface area contributed by atoms with Gasteiger partial charge in [-0.3, -0.25) is 4.79 Å². The minimum atomic E-state index is -3.91. The van der Waals surface area contributed by atoms with Gasteiger partial charge in [0, 0.05) is 25.6 Å². The molecule has 1 amide bonds. The van der Waals surface area contributed by atoms with Crippen LogP contribution >= 0.6 is 0 Å². The summed E-state index contributed by atoms with van der Waals surface area (Å²) in [6, 6.07) is 12.6. The fourth-order valence-corrected chi connectivity index (χ4v) is 4.92. The van der Waals surface area contributed by atoms with Crippen LogP contribution in [0.3, 0.4) is 0 Å². The van der Waals surface area contributed by atoms with Crippen molar-refractivity contribution in [1.29, 1.82) is 0 Å². The minimum Gasteiger partial charge on any atom is -0.356 e. The predicted molar refractivity (Wildman–Crippen MR) is 106 cm³/mol. The average molecular weight is 422 g/mol. The molecule has 0 spiro atoms. The number of sulfonamides is 1. The van der Waals surface area contributed by atoms with Crippen LogP contribution < -0.4 is 5.32 Å². The van der Waals surface area contributed by atoms with Gasteiger partial charge < -0.3 is 5.32 Å². The zero-order chi connectivity index (χ0) is 20.9. The topological polar surface area (TPSA) is 66.5 Å². The SMILES string of the molecule is O=C(NCCCc1ccccc1)C1CCN(S(=O)(=O)c2ccc(F)c(F)c2)CC1. The van der Waals surface area contributed by atoms with Crippen LogP contribution in [0.4, 0.5) is 8.78 Å². The van der Waals surface area contributed by atoms with E-state index < -0.39 is 21.7 Å². The number of piperidine rings is 1. The average Bonchev–Trinajstić information content (AvgIpc) is 2.74. The smallest absolute Gasteiger partial charge is 0.243 e. The fourth-order valence-electron chi connectivity index (χ4n) is 3.44. The first-order chi connectivity index (χ1) is 13.9. The fraction of sp³-hybridized carbons (Fsp3) is 0.381. The van der Waals surface area contributed by atoms with E-state index in [0.717, 1.165) is 25.0 Å². The molecule has 2 aromatic carbocycles. The van der Waals surface area contributed by atoms with Crippen LogP contribution in [0.5, 0.6) is 0 Å². The van der Waals surface area contributed by atoms with Gasteiger partial charge in [0.15, 0.2) is 11.6 Å². The molecule has 0 bridgehead atoms. The monoisotopic (exact) mass is 422 g/mol. The van der Waals surface area contributed by atoms with Gasteiger partial charge in [-0.25, -0.2) is 17.2 Å². The molecular formula is C21H24F2N2O3S. The minimum absolute atomic E-state index is 0.0667. The van der Waals surface area contributed by atoms with Gasteiger partial charge in [0.05, 0.1) is 4.90 Å². The Morgan fingerprint density at radius 2 is 1.72 bits per heavy atom. The standard InChI is InChI=1S/C21H24F2N2O3S/c22-19-9-8-18(15-20(19)23)29(27,28)25-13-10-17(11-14-25)21(26)24-12-4-7-16-5-2-1-3-6-16/h1-3,5-6,8-9,15,17H,4,7,10-14H2,(H,24,26). The second kappa shape index (κ2) is 9.45. The molecule has 3 rings (SSSR count). The third-order valence-electron chi connectivity index (χ3n) is 5.14. The third-order valence-corrected chi connectivity index (χ3v) is 7.03. The maximum Gasteiger partial charge on any atom is 0.243 e. The Kier molecular flexibility index (Phi) is 6.97. The first kappa shape index (κ1) is 21.4. The number of aryl methyl sites for hydroxylation is 1. The molecule has 29 heavy (non-hydrogen) atoms. The summed E-state index contributed by atoms with van der Waals surface area (Å²) in [6.07, 6.45) is 2.51. The molecule has 0 aliphatic carbocycles. The highest BCUT2D eigenvalue weighted by Crippen LogP contribution is 2.25. The second-order valence-electron chi connectivity index (χ2n) is 7.13. The van der Waals surface area contributed by atoms with E-state index in [1.54, 1.807) is 0 Å². The van der Waals surface area contributed by atoms with E-state index in [1.807, 2.05) is 30.3 Å². The first-order valence-corrected chi connectivity index (χ1v) is 11.1. The number of hydrogen-bond acceptors (Lipinski definition) is 3. The molecule has 0 radical (unpaired) electrons.